The fraction of sp³-hybridized carbons (Fsp3) is 0.214. The van der Waals surface area contributed by atoms with E-state index in [0.29, 0.717) is 28.7 Å². The second-order valence-electron chi connectivity index (χ2n) is 4.08. The molecule has 0 amide bonds. The highest BCUT2D eigenvalue weighted by Crippen LogP contribution is 2.22. The molecule has 96 valence electrons. The smallest absolute Gasteiger partial charge is 0.133 e. The summed E-state index contributed by atoms with van der Waals surface area (Å²) in [6, 6.07) is 7.57. The average Bonchev–Trinajstić information content (AvgIpc) is 2.37. The quantitative estimate of drug-likeness (QED) is 0.802. The van der Waals surface area contributed by atoms with Crippen molar-refractivity contribution >= 4 is 11.6 Å². The summed E-state index contributed by atoms with van der Waals surface area (Å²) in [5.41, 5.74) is 1.31. The summed E-state index contributed by atoms with van der Waals surface area (Å²) in [4.78, 5) is 8.45. The molecule has 0 aliphatic carbocycles. The predicted octanol–water partition coefficient (Wildman–Crippen LogP) is 3.76. The largest absolute Gasteiger partial charge is 0.233 e. The number of aromatic nitrogens is 2. The average molecular weight is 276 g/mol. The zero-order valence-corrected chi connectivity index (χ0v) is 11.1. The van der Waals surface area contributed by atoms with Crippen LogP contribution in [0.1, 0.15) is 24.7 Å². The number of halogens is 2. The van der Waals surface area contributed by atoms with Crippen molar-refractivity contribution in [3.05, 3.63) is 46.6 Å². The van der Waals surface area contributed by atoms with Crippen LogP contribution in [-0.4, -0.2) is 9.97 Å². The van der Waals surface area contributed by atoms with E-state index in [0.717, 1.165) is 6.42 Å². The van der Waals surface area contributed by atoms with Gasteiger partial charge in [0.1, 0.15) is 16.8 Å². The molecule has 0 N–H and O–H groups in total. The minimum absolute atomic E-state index is 0.252. The lowest BCUT2D eigenvalue weighted by Crippen LogP contribution is -1.97. The van der Waals surface area contributed by atoms with E-state index in [4.69, 9.17) is 16.9 Å². The molecule has 0 saturated heterocycles. The Morgan fingerprint density at radius 1 is 1.26 bits per heavy atom. The van der Waals surface area contributed by atoms with Crippen molar-refractivity contribution in [1.82, 2.24) is 9.97 Å². The van der Waals surface area contributed by atoms with Gasteiger partial charge >= 0.3 is 0 Å². The lowest BCUT2D eigenvalue weighted by atomic mass is 10.1. The third kappa shape index (κ3) is 3.27. The molecule has 5 heteroatoms. The van der Waals surface area contributed by atoms with Crippen molar-refractivity contribution in [2.45, 2.75) is 19.8 Å². The number of nitriles is 1. The van der Waals surface area contributed by atoms with Gasteiger partial charge in [-0.05, 0) is 24.6 Å². The van der Waals surface area contributed by atoms with Gasteiger partial charge in [-0.3, -0.25) is 0 Å². The highest BCUT2D eigenvalue weighted by atomic mass is 35.5. The van der Waals surface area contributed by atoms with Crippen LogP contribution < -0.4 is 0 Å². The molecule has 0 aliphatic heterocycles. The molecule has 1 aromatic carbocycles. The molecule has 2 rings (SSSR count). The van der Waals surface area contributed by atoms with Crippen LogP contribution in [0.15, 0.2) is 24.3 Å². The van der Waals surface area contributed by atoms with Crippen molar-refractivity contribution in [1.29, 1.82) is 5.26 Å². The molecule has 0 unspecified atom stereocenters. The molecular formula is C14H11ClFN3. The first-order chi connectivity index (χ1) is 9.12. The van der Waals surface area contributed by atoms with E-state index in [9.17, 15) is 4.39 Å². The lowest BCUT2D eigenvalue weighted by molar-refractivity contribution is 0.627. The fourth-order valence-corrected chi connectivity index (χ4v) is 1.95. The Bertz CT molecular complexity index is 650. The molecule has 0 atom stereocenters. The SMILES string of the molecule is CCCc1nc(Cl)cc(-c2cc(F)cc(C#N)c2)n1. The van der Waals surface area contributed by atoms with Gasteiger partial charge in [-0.1, -0.05) is 18.5 Å². The maximum atomic E-state index is 13.4. The van der Waals surface area contributed by atoms with Crippen LogP contribution in [0.4, 0.5) is 4.39 Å². The lowest BCUT2D eigenvalue weighted by Gasteiger charge is -2.05. The van der Waals surface area contributed by atoms with Gasteiger partial charge in [-0.25, -0.2) is 14.4 Å². The second-order valence-corrected chi connectivity index (χ2v) is 4.47. The monoisotopic (exact) mass is 275 g/mol. The molecule has 2 aromatic rings. The Labute approximate surface area is 115 Å². The van der Waals surface area contributed by atoms with Crippen molar-refractivity contribution in [2.75, 3.05) is 0 Å². The molecule has 1 aromatic heterocycles. The number of hydrogen-bond acceptors (Lipinski definition) is 3. The Kier molecular flexibility index (Phi) is 4.08. The highest BCUT2D eigenvalue weighted by molar-refractivity contribution is 6.29. The zero-order chi connectivity index (χ0) is 13.8. The van der Waals surface area contributed by atoms with Gasteiger partial charge in [0.05, 0.1) is 17.3 Å². The van der Waals surface area contributed by atoms with E-state index in [-0.39, 0.29) is 5.56 Å². The predicted molar refractivity (Wildman–Crippen MR) is 71.1 cm³/mol. The molecule has 0 saturated carbocycles. The molecule has 0 bridgehead atoms. The molecular weight excluding hydrogens is 265 g/mol. The normalized spacial score (nSPS) is 10.2. The van der Waals surface area contributed by atoms with Crippen LogP contribution in [0.25, 0.3) is 11.3 Å². The summed E-state index contributed by atoms with van der Waals surface area (Å²) < 4.78 is 13.4. The Morgan fingerprint density at radius 3 is 2.74 bits per heavy atom. The van der Waals surface area contributed by atoms with Gasteiger partial charge in [-0.2, -0.15) is 5.26 Å². The second kappa shape index (κ2) is 5.77. The van der Waals surface area contributed by atoms with Crippen LogP contribution >= 0.6 is 11.6 Å². The van der Waals surface area contributed by atoms with Gasteiger partial charge in [0.2, 0.25) is 0 Å². The third-order valence-electron chi connectivity index (χ3n) is 2.54. The van der Waals surface area contributed by atoms with E-state index in [1.807, 2.05) is 13.0 Å². The molecule has 1 heterocycles. The maximum Gasteiger partial charge on any atom is 0.133 e. The zero-order valence-electron chi connectivity index (χ0n) is 10.3. The van der Waals surface area contributed by atoms with Crippen LogP contribution in [0, 0.1) is 17.1 Å². The maximum absolute atomic E-state index is 13.4. The van der Waals surface area contributed by atoms with Crippen molar-refractivity contribution in [3.63, 3.8) is 0 Å². The molecule has 0 radical (unpaired) electrons. The topological polar surface area (TPSA) is 49.6 Å². The van der Waals surface area contributed by atoms with Crippen molar-refractivity contribution in [3.8, 4) is 17.3 Å². The number of hydrogen-bond donors (Lipinski definition) is 0. The van der Waals surface area contributed by atoms with E-state index >= 15 is 0 Å². The van der Waals surface area contributed by atoms with Gasteiger partial charge in [0, 0.05) is 18.1 Å². The first kappa shape index (κ1) is 13.4. The number of rotatable bonds is 3. The van der Waals surface area contributed by atoms with E-state index < -0.39 is 5.82 Å². The Balaban J connectivity index is 2.52. The fourth-order valence-electron chi connectivity index (χ4n) is 1.75. The molecule has 0 aliphatic rings. The van der Waals surface area contributed by atoms with Crippen LogP contribution in [0.3, 0.4) is 0 Å². The number of aryl methyl sites for hydroxylation is 1. The summed E-state index contributed by atoms with van der Waals surface area (Å²) in [6.07, 6.45) is 1.60. The standard InChI is InChI=1S/C14H11ClFN3/c1-2-3-14-18-12(7-13(15)19-14)10-4-9(8-17)5-11(16)6-10/h4-7H,2-3H2,1H3. The minimum atomic E-state index is -0.471. The molecule has 3 nitrogen and oxygen atoms in total. The first-order valence-corrected chi connectivity index (χ1v) is 6.24. The molecule has 19 heavy (non-hydrogen) atoms. The van der Waals surface area contributed by atoms with Gasteiger partial charge in [-0.15, -0.1) is 0 Å². The van der Waals surface area contributed by atoms with Crippen LogP contribution in [0.2, 0.25) is 5.15 Å². The Hall–Kier alpha value is -1.99. The van der Waals surface area contributed by atoms with Crippen molar-refractivity contribution in [2.24, 2.45) is 0 Å². The first-order valence-electron chi connectivity index (χ1n) is 5.87. The highest BCUT2D eigenvalue weighted by Gasteiger charge is 2.08. The van der Waals surface area contributed by atoms with Gasteiger partial charge in [0.15, 0.2) is 0 Å². The summed E-state index contributed by atoms with van der Waals surface area (Å²) >= 11 is 5.94. The van der Waals surface area contributed by atoms with Crippen molar-refractivity contribution < 1.29 is 4.39 Å². The molecule has 0 spiro atoms. The van der Waals surface area contributed by atoms with E-state index in [1.54, 1.807) is 12.1 Å². The summed E-state index contributed by atoms with van der Waals surface area (Å²) in [6.45, 7) is 2.01. The number of benzene rings is 1. The minimum Gasteiger partial charge on any atom is -0.233 e. The Morgan fingerprint density at radius 2 is 2.05 bits per heavy atom. The van der Waals surface area contributed by atoms with Crippen LogP contribution in [-0.2, 0) is 6.42 Å². The van der Waals surface area contributed by atoms with Gasteiger partial charge in [0.25, 0.3) is 0 Å². The summed E-state index contributed by atoms with van der Waals surface area (Å²) in [5, 5.41) is 9.17. The summed E-state index contributed by atoms with van der Waals surface area (Å²) in [5.74, 6) is 0.147. The van der Waals surface area contributed by atoms with E-state index in [2.05, 4.69) is 9.97 Å². The molecule has 0 fully saturated rings. The number of nitrogens with zero attached hydrogens (tertiary/aromatic N) is 3. The van der Waals surface area contributed by atoms with Crippen LogP contribution in [0.5, 0.6) is 0 Å². The third-order valence-corrected chi connectivity index (χ3v) is 2.73. The van der Waals surface area contributed by atoms with E-state index in [1.165, 1.54) is 12.1 Å². The summed E-state index contributed by atoms with van der Waals surface area (Å²) in [7, 11) is 0. The van der Waals surface area contributed by atoms with Gasteiger partial charge < -0.3 is 0 Å².